The second kappa shape index (κ2) is 18.9. The van der Waals surface area contributed by atoms with E-state index in [1.165, 1.54) is 6.38 Å². The van der Waals surface area contributed by atoms with Crippen molar-refractivity contribution in [3.05, 3.63) is 0 Å². The van der Waals surface area contributed by atoms with Crippen molar-refractivity contribution in [3.63, 3.8) is 0 Å². The molecule has 0 radical (unpaired) electrons. The van der Waals surface area contributed by atoms with Crippen LogP contribution in [0.2, 0.25) is 0 Å². The number of aliphatic hydroxyl groups is 1. The number of rotatable bonds is 1. The molecule has 3 N–H and O–H groups in total. The molecule has 0 aliphatic carbocycles. The summed E-state index contributed by atoms with van der Waals surface area (Å²) < 4.78 is 0. The first-order chi connectivity index (χ1) is 2.91. The lowest BCUT2D eigenvalue weighted by Gasteiger charge is -1.71. The lowest BCUT2D eigenvalue weighted by Crippen LogP contribution is -2.02. The zero-order valence-electron chi connectivity index (χ0n) is 3.82. The molecular weight excluding hydrogens is 101 g/mol. The molecule has 0 saturated carbocycles. The molecule has 6 heavy (non-hydrogen) atoms. The van der Waals surface area contributed by atoms with Gasteiger partial charge in [-0.15, -0.1) is 11.6 Å². The van der Waals surface area contributed by atoms with Gasteiger partial charge < -0.3 is 10.8 Å². The zero-order valence-corrected chi connectivity index (χ0v) is 4.57. The van der Waals surface area contributed by atoms with Gasteiger partial charge >= 0.3 is 0 Å². The van der Waals surface area contributed by atoms with Gasteiger partial charge in [-0.05, 0) is 0 Å². The van der Waals surface area contributed by atoms with Gasteiger partial charge in [-0.3, -0.25) is 0 Å². The standard InChI is InChI=1S/C2H7NO.CH3Cl/c3-1-2-4;1-2/h4H,1-3H2;1H3. The second-order valence-electron chi connectivity index (χ2n) is 0.512. The highest BCUT2D eigenvalue weighted by Gasteiger charge is 1.56. The highest BCUT2D eigenvalue weighted by molar-refractivity contribution is 6.15. The molecule has 0 fully saturated rings. The van der Waals surface area contributed by atoms with Crippen LogP contribution in [-0.2, 0) is 0 Å². The van der Waals surface area contributed by atoms with E-state index < -0.39 is 0 Å². The summed E-state index contributed by atoms with van der Waals surface area (Å²) in [6.07, 6.45) is 1.47. The van der Waals surface area contributed by atoms with Crippen LogP contribution in [0.15, 0.2) is 0 Å². The van der Waals surface area contributed by atoms with Crippen LogP contribution in [0.3, 0.4) is 0 Å². The van der Waals surface area contributed by atoms with E-state index in [0.717, 1.165) is 0 Å². The molecule has 0 unspecified atom stereocenters. The fraction of sp³-hybridized carbons (Fsp3) is 1.00. The quantitative estimate of drug-likeness (QED) is 0.460. The number of halogens is 1. The molecule has 40 valence electrons. The predicted molar refractivity (Wildman–Crippen MR) is 27.9 cm³/mol. The maximum atomic E-state index is 7.75. The Balaban J connectivity index is 0. The second-order valence-corrected chi connectivity index (χ2v) is 0.512. The number of nitrogens with two attached hydrogens (primary N) is 1. The summed E-state index contributed by atoms with van der Waals surface area (Å²) in [5.74, 6) is 0. The molecule has 0 aromatic heterocycles. The third-order valence-electron chi connectivity index (χ3n) is 0.129. The van der Waals surface area contributed by atoms with E-state index in [9.17, 15) is 0 Å². The van der Waals surface area contributed by atoms with Gasteiger partial charge in [0, 0.05) is 12.9 Å². The van der Waals surface area contributed by atoms with Gasteiger partial charge in [0.05, 0.1) is 6.61 Å². The van der Waals surface area contributed by atoms with Crippen molar-refractivity contribution in [1.82, 2.24) is 0 Å². The van der Waals surface area contributed by atoms with E-state index in [2.05, 4.69) is 11.6 Å². The molecule has 0 saturated heterocycles. The summed E-state index contributed by atoms with van der Waals surface area (Å²) in [5.41, 5.74) is 4.78. The van der Waals surface area contributed by atoms with Crippen LogP contribution in [0.1, 0.15) is 0 Å². The summed E-state index contributed by atoms with van der Waals surface area (Å²) in [6.45, 7) is 0.472. The van der Waals surface area contributed by atoms with Crippen molar-refractivity contribution < 1.29 is 5.11 Å². The van der Waals surface area contributed by atoms with Crippen LogP contribution in [0.5, 0.6) is 0 Å². The summed E-state index contributed by atoms with van der Waals surface area (Å²) in [7, 11) is 0. The van der Waals surface area contributed by atoms with Crippen molar-refractivity contribution in [3.8, 4) is 0 Å². The average Bonchev–Trinajstić information content (AvgIpc) is 1.72. The first-order valence-electron chi connectivity index (χ1n) is 1.60. The van der Waals surface area contributed by atoms with E-state index in [-0.39, 0.29) is 6.61 Å². The largest absolute Gasteiger partial charge is 0.395 e. The minimum absolute atomic E-state index is 0.0972. The predicted octanol–water partition coefficient (Wildman–Crippen LogP) is -0.208. The zero-order chi connectivity index (χ0) is 5.41. The Bertz CT molecular complexity index is 12.8. The summed E-state index contributed by atoms with van der Waals surface area (Å²) in [6, 6.07) is 0. The first-order valence-corrected chi connectivity index (χ1v) is 2.36. The Kier molecular flexibility index (Phi) is 30.0. The summed E-state index contributed by atoms with van der Waals surface area (Å²) in [4.78, 5) is 0. The van der Waals surface area contributed by atoms with E-state index in [4.69, 9.17) is 10.8 Å². The van der Waals surface area contributed by atoms with Crippen molar-refractivity contribution in [2.24, 2.45) is 5.73 Å². The van der Waals surface area contributed by atoms with Crippen molar-refractivity contribution >= 4 is 11.6 Å². The van der Waals surface area contributed by atoms with E-state index in [1.54, 1.807) is 0 Å². The van der Waals surface area contributed by atoms with Gasteiger partial charge in [0.1, 0.15) is 0 Å². The average molecular weight is 112 g/mol. The lowest BCUT2D eigenvalue weighted by molar-refractivity contribution is 0.306. The van der Waals surface area contributed by atoms with Crippen LogP contribution >= 0.6 is 11.6 Å². The van der Waals surface area contributed by atoms with Crippen LogP contribution in [0.4, 0.5) is 0 Å². The van der Waals surface area contributed by atoms with Crippen LogP contribution in [0.25, 0.3) is 0 Å². The molecule has 0 rings (SSSR count). The van der Waals surface area contributed by atoms with E-state index in [0.29, 0.717) is 6.54 Å². The molecule has 0 aliphatic rings. The summed E-state index contributed by atoms with van der Waals surface area (Å²) >= 11 is 4.64. The molecule has 0 bridgehead atoms. The fourth-order valence-corrected chi connectivity index (χ4v) is 0. The number of alkyl halides is 1. The van der Waals surface area contributed by atoms with Gasteiger partial charge in [0.15, 0.2) is 0 Å². The number of hydrogen-bond acceptors (Lipinski definition) is 2. The Morgan fingerprint density at radius 2 is 1.83 bits per heavy atom. The highest BCUT2D eigenvalue weighted by atomic mass is 35.5. The van der Waals surface area contributed by atoms with Crippen molar-refractivity contribution in [1.29, 1.82) is 0 Å². The van der Waals surface area contributed by atoms with Gasteiger partial charge in [0.2, 0.25) is 0 Å². The van der Waals surface area contributed by atoms with E-state index >= 15 is 0 Å². The Hall–Kier alpha value is 0.210. The van der Waals surface area contributed by atoms with Gasteiger partial charge in [0.25, 0.3) is 0 Å². The lowest BCUT2D eigenvalue weighted by atomic mass is 10.8. The molecule has 0 aliphatic heterocycles. The number of hydrogen-bond donors (Lipinski definition) is 2. The minimum Gasteiger partial charge on any atom is -0.395 e. The topological polar surface area (TPSA) is 46.2 Å². The highest BCUT2D eigenvalue weighted by Crippen LogP contribution is 1.34. The van der Waals surface area contributed by atoms with E-state index in [1.807, 2.05) is 0 Å². The SMILES string of the molecule is CCl.NCCO. The third-order valence-corrected chi connectivity index (χ3v) is 0.129. The maximum Gasteiger partial charge on any atom is 0.0553 e. The van der Waals surface area contributed by atoms with Gasteiger partial charge in [-0.1, -0.05) is 0 Å². The molecule has 0 aromatic rings. The molecule has 0 amide bonds. The molecule has 2 nitrogen and oxygen atoms in total. The normalized spacial score (nSPS) is 6.00. The molecule has 0 heterocycles. The van der Waals surface area contributed by atoms with Gasteiger partial charge in [-0.25, -0.2) is 0 Å². The van der Waals surface area contributed by atoms with Crippen molar-refractivity contribution in [2.45, 2.75) is 0 Å². The van der Waals surface area contributed by atoms with Crippen LogP contribution in [0, 0.1) is 0 Å². The van der Waals surface area contributed by atoms with Crippen molar-refractivity contribution in [2.75, 3.05) is 19.5 Å². The molecular formula is C3H10ClNO. The minimum atomic E-state index is 0.0972. The Labute approximate surface area is 42.9 Å². The summed E-state index contributed by atoms with van der Waals surface area (Å²) in [5, 5.41) is 7.75. The van der Waals surface area contributed by atoms with Crippen LogP contribution in [-0.4, -0.2) is 24.6 Å². The Morgan fingerprint density at radius 1 is 1.67 bits per heavy atom. The molecule has 3 heteroatoms. The smallest absolute Gasteiger partial charge is 0.0553 e. The number of aliphatic hydroxyl groups excluding tert-OH is 1. The maximum absolute atomic E-state index is 7.75. The Morgan fingerprint density at radius 3 is 1.83 bits per heavy atom. The molecule has 0 atom stereocenters. The first kappa shape index (κ1) is 9.51. The third kappa shape index (κ3) is 29.6. The van der Waals surface area contributed by atoms with Crippen LogP contribution < -0.4 is 5.73 Å². The monoisotopic (exact) mass is 111 g/mol. The fourth-order valence-electron chi connectivity index (χ4n) is 0. The molecule has 0 aromatic carbocycles. The van der Waals surface area contributed by atoms with Gasteiger partial charge in [-0.2, -0.15) is 0 Å². The molecule has 0 spiro atoms.